The van der Waals surface area contributed by atoms with E-state index in [0.717, 1.165) is 61.5 Å². The number of rotatable bonds is 9. The van der Waals surface area contributed by atoms with E-state index in [1.165, 1.54) is 6.07 Å². The molecule has 1 N–H and O–H groups in total. The first kappa shape index (κ1) is 27.8. The van der Waals surface area contributed by atoms with Crippen LogP contribution in [0.15, 0.2) is 54.7 Å². The fourth-order valence-corrected chi connectivity index (χ4v) is 5.80. The van der Waals surface area contributed by atoms with Gasteiger partial charge >= 0.3 is 5.97 Å². The third-order valence-corrected chi connectivity index (χ3v) is 8.40. The highest BCUT2D eigenvalue weighted by Gasteiger charge is 2.30. The van der Waals surface area contributed by atoms with Crippen LogP contribution in [0.25, 0.3) is 11.0 Å². The Morgan fingerprint density at radius 3 is 2.69 bits per heavy atom. The highest BCUT2D eigenvalue weighted by atomic mass is 19.1. The number of halogens is 1. The van der Waals surface area contributed by atoms with Gasteiger partial charge in [0.05, 0.1) is 46.9 Å². The van der Waals surface area contributed by atoms with Crippen LogP contribution in [0, 0.1) is 17.1 Å². The Morgan fingerprint density at radius 1 is 1.19 bits per heavy atom. The Balaban J connectivity index is 1.13. The fourth-order valence-electron chi connectivity index (χ4n) is 5.80. The molecule has 10 heteroatoms. The minimum Gasteiger partial charge on any atom is -0.489 e. The molecular formula is C32H32FN5O4. The Hall–Kier alpha value is -4.33. The number of fused-ring (bicyclic) bond motifs is 1. The first-order chi connectivity index (χ1) is 20.4. The van der Waals surface area contributed by atoms with E-state index < -0.39 is 11.8 Å². The van der Waals surface area contributed by atoms with Crippen LogP contribution in [0.5, 0.6) is 5.75 Å². The number of likely N-dealkylation sites (tertiary alicyclic amines) is 1. The summed E-state index contributed by atoms with van der Waals surface area (Å²) in [6.07, 6.45) is 4.66. The molecule has 4 aromatic rings. The van der Waals surface area contributed by atoms with Gasteiger partial charge < -0.3 is 19.1 Å². The topological polar surface area (TPSA) is 113 Å². The van der Waals surface area contributed by atoms with Crippen LogP contribution in [0.3, 0.4) is 0 Å². The molecule has 2 saturated heterocycles. The van der Waals surface area contributed by atoms with Crippen LogP contribution in [-0.4, -0.2) is 56.3 Å². The first-order valence-electron chi connectivity index (χ1n) is 14.3. The normalized spacial score (nSPS) is 18.4. The third-order valence-electron chi connectivity index (χ3n) is 8.40. The maximum atomic E-state index is 14.3. The van der Waals surface area contributed by atoms with Crippen LogP contribution in [0.2, 0.25) is 0 Å². The zero-order chi connectivity index (χ0) is 29.2. The Morgan fingerprint density at radius 2 is 2.00 bits per heavy atom. The lowest BCUT2D eigenvalue weighted by Crippen LogP contribution is -2.37. The van der Waals surface area contributed by atoms with Crippen molar-refractivity contribution in [2.45, 2.75) is 57.4 Å². The van der Waals surface area contributed by atoms with Crippen molar-refractivity contribution >= 4 is 17.0 Å². The predicted octanol–water partition coefficient (Wildman–Crippen LogP) is 5.45. The van der Waals surface area contributed by atoms with Crippen LogP contribution in [0.1, 0.15) is 71.1 Å². The minimum atomic E-state index is -0.953. The molecule has 2 atom stereocenters. The number of benzene rings is 2. The zero-order valence-electron chi connectivity index (χ0n) is 23.4. The summed E-state index contributed by atoms with van der Waals surface area (Å²) in [6.45, 7) is 5.35. The number of aromatic carboxylic acids is 1. The van der Waals surface area contributed by atoms with Gasteiger partial charge in [0.25, 0.3) is 0 Å². The maximum Gasteiger partial charge on any atom is 0.335 e. The molecule has 216 valence electrons. The Labute approximate surface area is 243 Å². The standard InChI is InChI=1S/C32H32FN5O4/c1-20(31-36-28-5-4-23(32(39)40)15-30(28)38(31)18-26-9-13-41-26)37-11-7-22(8-12-37)29-16-25(6-10-35-29)42-19-24-3-2-21(17-34)14-27(24)33/h2-6,10,14-16,20,22,26H,7-9,11-13,18-19H2,1H3,(H,39,40)/t20?,26-/m0/s1. The summed E-state index contributed by atoms with van der Waals surface area (Å²) in [6, 6.07) is 15.2. The smallest absolute Gasteiger partial charge is 0.335 e. The van der Waals surface area contributed by atoms with Crippen molar-refractivity contribution in [2.75, 3.05) is 19.7 Å². The van der Waals surface area contributed by atoms with Gasteiger partial charge in [0.15, 0.2) is 0 Å². The lowest BCUT2D eigenvalue weighted by Gasteiger charge is -2.36. The van der Waals surface area contributed by atoms with Crippen LogP contribution >= 0.6 is 0 Å². The molecule has 0 spiro atoms. The van der Waals surface area contributed by atoms with Crippen LogP contribution in [-0.2, 0) is 17.9 Å². The summed E-state index contributed by atoms with van der Waals surface area (Å²) >= 11 is 0. The van der Waals surface area contributed by atoms with Gasteiger partial charge in [-0.2, -0.15) is 5.26 Å². The number of imidazole rings is 1. The summed E-state index contributed by atoms with van der Waals surface area (Å²) in [5.74, 6) is 0.410. The average Bonchev–Trinajstić information content (AvgIpc) is 3.35. The number of carbonyl (C=O) groups is 1. The number of hydrogen-bond donors (Lipinski definition) is 1. The molecule has 2 aliphatic heterocycles. The number of nitrogens with zero attached hydrogens (tertiary/aromatic N) is 5. The molecule has 0 aliphatic carbocycles. The largest absolute Gasteiger partial charge is 0.489 e. The summed E-state index contributed by atoms with van der Waals surface area (Å²) in [5, 5.41) is 18.5. The van der Waals surface area contributed by atoms with Gasteiger partial charge in [0.2, 0.25) is 0 Å². The number of nitriles is 1. The molecule has 2 aromatic carbocycles. The van der Waals surface area contributed by atoms with E-state index in [1.54, 1.807) is 42.6 Å². The molecule has 6 rings (SSSR count). The lowest BCUT2D eigenvalue weighted by atomic mass is 9.92. The van der Waals surface area contributed by atoms with E-state index in [4.69, 9.17) is 19.7 Å². The molecule has 4 heterocycles. The third kappa shape index (κ3) is 5.71. The highest BCUT2D eigenvalue weighted by Crippen LogP contribution is 2.34. The average molecular weight is 570 g/mol. The zero-order valence-corrected chi connectivity index (χ0v) is 23.4. The van der Waals surface area contributed by atoms with Crippen molar-refractivity contribution < 1.29 is 23.8 Å². The minimum absolute atomic E-state index is 0.0386. The molecule has 42 heavy (non-hydrogen) atoms. The van der Waals surface area contributed by atoms with Gasteiger partial charge in [-0.3, -0.25) is 9.88 Å². The molecule has 0 amide bonds. The number of pyridine rings is 1. The second-order valence-corrected chi connectivity index (χ2v) is 11.0. The predicted molar refractivity (Wildman–Crippen MR) is 153 cm³/mol. The van der Waals surface area contributed by atoms with E-state index >= 15 is 0 Å². The number of hydrogen-bond acceptors (Lipinski definition) is 7. The molecule has 9 nitrogen and oxygen atoms in total. The molecule has 1 unspecified atom stereocenters. The van der Waals surface area contributed by atoms with Gasteiger partial charge in [-0.05, 0) is 75.7 Å². The summed E-state index contributed by atoms with van der Waals surface area (Å²) in [7, 11) is 0. The number of piperidine rings is 1. The molecule has 0 bridgehead atoms. The van der Waals surface area contributed by atoms with E-state index in [0.29, 0.717) is 17.9 Å². The summed E-state index contributed by atoms with van der Waals surface area (Å²) in [4.78, 5) is 23.6. The highest BCUT2D eigenvalue weighted by molar-refractivity contribution is 5.92. The van der Waals surface area contributed by atoms with Gasteiger partial charge in [-0.1, -0.05) is 6.07 Å². The molecular weight excluding hydrogens is 537 g/mol. The van der Waals surface area contributed by atoms with Gasteiger partial charge in [0, 0.05) is 36.0 Å². The van der Waals surface area contributed by atoms with Crippen molar-refractivity contribution in [1.29, 1.82) is 5.26 Å². The van der Waals surface area contributed by atoms with E-state index in [9.17, 15) is 14.3 Å². The van der Waals surface area contributed by atoms with E-state index in [1.807, 2.05) is 12.1 Å². The maximum absolute atomic E-state index is 14.3. The molecule has 0 saturated carbocycles. The van der Waals surface area contributed by atoms with Gasteiger partial charge in [-0.25, -0.2) is 14.2 Å². The molecule has 2 fully saturated rings. The number of ether oxygens (including phenoxy) is 2. The summed E-state index contributed by atoms with van der Waals surface area (Å²) in [5.41, 5.74) is 3.49. The van der Waals surface area contributed by atoms with Crippen molar-refractivity contribution in [3.63, 3.8) is 0 Å². The molecule has 2 aromatic heterocycles. The van der Waals surface area contributed by atoms with Gasteiger partial charge in [-0.15, -0.1) is 0 Å². The second-order valence-electron chi connectivity index (χ2n) is 11.0. The first-order valence-corrected chi connectivity index (χ1v) is 14.3. The van der Waals surface area contributed by atoms with Crippen molar-refractivity contribution in [2.24, 2.45) is 0 Å². The van der Waals surface area contributed by atoms with Crippen LogP contribution in [0.4, 0.5) is 4.39 Å². The van der Waals surface area contributed by atoms with Crippen molar-refractivity contribution in [3.8, 4) is 11.8 Å². The fraction of sp³-hybridized carbons (Fsp3) is 0.375. The number of carboxylic acid groups (broad SMARTS) is 1. The van der Waals surface area contributed by atoms with Crippen molar-refractivity contribution in [3.05, 3.63) is 88.8 Å². The lowest BCUT2D eigenvalue weighted by molar-refractivity contribution is -0.0594. The van der Waals surface area contributed by atoms with Gasteiger partial charge in [0.1, 0.15) is 24.0 Å². The molecule has 2 aliphatic rings. The van der Waals surface area contributed by atoms with Crippen molar-refractivity contribution in [1.82, 2.24) is 19.4 Å². The Bertz CT molecular complexity index is 1650. The molecule has 0 radical (unpaired) electrons. The monoisotopic (exact) mass is 569 g/mol. The van der Waals surface area contributed by atoms with E-state index in [-0.39, 0.29) is 35.8 Å². The Kier molecular flexibility index (Phi) is 7.87. The summed E-state index contributed by atoms with van der Waals surface area (Å²) < 4.78 is 28.0. The number of aromatic nitrogens is 3. The quantitative estimate of drug-likeness (QED) is 0.283. The second kappa shape index (κ2) is 11.9. The van der Waals surface area contributed by atoms with E-state index in [2.05, 4.69) is 21.4 Å². The van der Waals surface area contributed by atoms with Crippen LogP contribution < -0.4 is 4.74 Å². The SMILES string of the molecule is CC(c1nc2ccc(C(=O)O)cc2n1C[C@@H]1CCO1)N1CCC(c2cc(OCc3ccc(C#N)cc3F)ccn2)CC1. The number of carboxylic acids is 1.